The summed E-state index contributed by atoms with van der Waals surface area (Å²) in [4.78, 5) is 22.5. The Morgan fingerprint density at radius 2 is 1.17 bits per heavy atom. The first-order chi connectivity index (χ1) is 30.0. The molecule has 0 spiro atoms. The summed E-state index contributed by atoms with van der Waals surface area (Å²) < 4.78 is 51.9. The summed E-state index contributed by atoms with van der Waals surface area (Å²) >= 11 is 0. The van der Waals surface area contributed by atoms with Crippen molar-refractivity contribution >= 4 is 11.6 Å². The van der Waals surface area contributed by atoms with Gasteiger partial charge in [-0.05, 0) is 37.9 Å². The van der Waals surface area contributed by atoms with E-state index in [2.05, 4.69) is 5.32 Å². The number of hydrogen-bond acceptors (Lipinski definition) is 24. The summed E-state index contributed by atoms with van der Waals surface area (Å²) in [6.45, 7) is -1.44. The van der Waals surface area contributed by atoms with Crippen molar-refractivity contribution in [3.8, 4) is 5.75 Å². The van der Waals surface area contributed by atoms with Crippen LogP contribution in [-0.4, -0.2) is 229 Å². The minimum atomic E-state index is -2.07. The van der Waals surface area contributed by atoms with E-state index < -0.39 is 160 Å². The lowest BCUT2D eigenvalue weighted by Crippen LogP contribution is -2.69. The molecule has 1 aromatic carbocycles. The van der Waals surface area contributed by atoms with E-state index >= 15 is 0 Å². The van der Waals surface area contributed by atoms with Crippen LogP contribution in [-0.2, 0) is 42.7 Å². The number of ether oxygens (including phenoxy) is 9. The highest BCUT2D eigenvalue weighted by molar-refractivity contribution is 5.73. The van der Waals surface area contributed by atoms with Crippen LogP contribution in [0.2, 0.25) is 0 Å². The Hall–Kier alpha value is -2.91. The Balaban J connectivity index is 1.31. The molecule has 0 bridgehead atoms. The number of unbranched alkanes of at least 4 members (excludes halogenated alkanes) is 2. The topological polar surface area (TPSA) is 404 Å². The van der Waals surface area contributed by atoms with Crippen molar-refractivity contribution in [2.75, 3.05) is 39.6 Å². The number of nitrogens with one attached hydrogen (secondary N) is 1. The lowest BCUT2D eigenvalue weighted by Gasteiger charge is -2.49. The quantitative estimate of drug-likeness (QED) is 0.0329. The number of aliphatic hydroxyl groups excluding tert-OH is 11. The summed E-state index contributed by atoms with van der Waals surface area (Å²) in [5.74, 6) is -0.556. The van der Waals surface area contributed by atoms with Crippen molar-refractivity contribution in [3.63, 3.8) is 0 Å². The first kappa shape index (κ1) is 51.1. The second-order valence-electron chi connectivity index (χ2n) is 15.5. The molecule has 4 saturated heterocycles. The number of carbonyl (C=O) groups excluding carboxylic acids is 1. The third-order valence-electron chi connectivity index (χ3n) is 11.0. The molecule has 8 unspecified atom stereocenters. The van der Waals surface area contributed by atoms with Crippen LogP contribution in [0.1, 0.15) is 26.2 Å². The molecule has 0 aliphatic carbocycles. The van der Waals surface area contributed by atoms with Gasteiger partial charge in [-0.25, -0.2) is 0 Å². The molecule has 26 heteroatoms. The van der Waals surface area contributed by atoms with E-state index in [1.165, 1.54) is 24.3 Å². The third-order valence-corrected chi connectivity index (χ3v) is 11.0. The van der Waals surface area contributed by atoms with Crippen molar-refractivity contribution in [3.05, 3.63) is 34.4 Å². The van der Waals surface area contributed by atoms with Gasteiger partial charge in [0.05, 0.1) is 24.7 Å². The van der Waals surface area contributed by atoms with Gasteiger partial charge in [-0.3, -0.25) is 14.9 Å². The van der Waals surface area contributed by atoms with Crippen molar-refractivity contribution in [2.45, 2.75) is 149 Å². The molecular formula is C37H59N3O23. The molecule has 14 N–H and O–H groups in total. The van der Waals surface area contributed by atoms with Crippen LogP contribution in [0, 0.1) is 10.1 Å². The standard InChI is InChI=1S/C37H59N3O23/c1-15(44)39-22-25(47)23(45)18(11-41)57-34(22)63-33-24(46)19(12-42)58-37(30(33)52)61-31-20(13-43)59-36(29(51)27(31)49)62-32-21(14-56-17-7-5-16(6-8-17)40(53)54)60-35(28(50)26(32)48)55-10-4-2-3-9-38/h5-8,18-37,41-43,45-52H,2-4,9-14,38H2,1H3,(H,39,44)/t18?,19?,20?,21?,22?,23-,24-,25+,26+,27+,28?,29?,30?,31-,32+,33-,34-,35+,36-,37+/m0/s1. The molecule has 4 heterocycles. The van der Waals surface area contributed by atoms with Crippen molar-refractivity contribution in [1.29, 1.82) is 0 Å². The largest absolute Gasteiger partial charge is 0.491 e. The lowest BCUT2D eigenvalue weighted by molar-refractivity contribution is -0.386. The first-order valence-electron chi connectivity index (χ1n) is 20.4. The number of benzene rings is 1. The summed E-state index contributed by atoms with van der Waals surface area (Å²) in [5.41, 5.74) is 5.33. The average molecular weight is 914 g/mol. The molecule has 20 atom stereocenters. The number of nitrogens with zero attached hydrogens (tertiary/aromatic N) is 1. The number of nitro groups is 1. The fraction of sp³-hybridized carbons (Fsp3) is 0.811. The van der Waals surface area contributed by atoms with Gasteiger partial charge in [-0.15, -0.1) is 0 Å². The number of rotatable bonds is 20. The Morgan fingerprint density at radius 3 is 1.76 bits per heavy atom. The first-order valence-corrected chi connectivity index (χ1v) is 20.4. The van der Waals surface area contributed by atoms with Gasteiger partial charge in [-0.1, -0.05) is 0 Å². The van der Waals surface area contributed by atoms with E-state index in [1.807, 2.05) is 0 Å². The SMILES string of the molecule is CC(=O)NC1[C@H](O[C@@H]2C(O)[C@@H](O[C@H]3C(CO)O[C@@H](O[C@@H]4C(COc5ccc([N+](=O)[O-])cc5)O[C@@H](OCCCCCN)C(O)[C@H]4O)C(O)[C@H]3O)OC(CO)[C@@H]2O)OC(CO)[C@H](O)[C@@H]1O. The number of aliphatic hydroxyl groups is 11. The summed E-state index contributed by atoms with van der Waals surface area (Å²) in [6.07, 6.45) is -31.2. The van der Waals surface area contributed by atoms with Crippen LogP contribution in [0.4, 0.5) is 5.69 Å². The van der Waals surface area contributed by atoms with Crippen LogP contribution in [0.3, 0.4) is 0 Å². The van der Waals surface area contributed by atoms with Crippen LogP contribution >= 0.6 is 0 Å². The van der Waals surface area contributed by atoms with Gasteiger partial charge < -0.3 is 110 Å². The second-order valence-corrected chi connectivity index (χ2v) is 15.5. The molecule has 0 aromatic heterocycles. The molecule has 4 aliphatic rings. The van der Waals surface area contributed by atoms with Crippen LogP contribution in [0.5, 0.6) is 5.75 Å². The van der Waals surface area contributed by atoms with Gasteiger partial charge >= 0.3 is 0 Å². The molecular weight excluding hydrogens is 854 g/mol. The normalized spacial score (nSPS) is 40.9. The number of carbonyl (C=O) groups is 1. The van der Waals surface area contributed by atoms with Gasteiger partial charge in [0.25, 0.3) is 5.69 Å². The Labute approximate surface area is 359 Å². The van der Waals surface area contributed by atoms with Gasteiger partial charge in [0.15, 0.2) is 25.2 Å². The fourth-order valence-corrected chi connectivity index (χ4v) is 7.52. The Kier molecular flexibility index (Phi) is 19.1. The van der Waals surface area contributed by atoms with Crippen LogP contribution < -0.4 is 15.8 Å². The Bertz CT molecular complexity index is 1570. The van der Waals surface area contributed by atoms with E-state index in [0.29, 0.717) is 19.4 Å². The second kappa shape index (κ2) is 23.5. The minimum absolute atomic E-state index is 0.111. The van der Waals surface area contributed by atoms with E-state index in [0.717, 1.165) is 13.3 Å². The highest BCUT2D eigenvalue weighted by Crippen LogP contribution is 2.35. The fourth-order valence-electron chi connectivity index (χ4n) is 7.52. The monoisotopic (exact) mass is 913 g/mol. The van der Waals surface area contributed by atoms with Crippen molar-refractivity contribution in [2.24, 2.45) is 5.73 Å². The maximum absolute atomic E-state index is 12.0. The molecule has 63 heavy (non-hydrogen) atoms. The molecule has 1 amide bonds. The minimum Gasteiger partial charge on any atom is -0.491 e. The van der Waals surface area contributed by atoms with Crippen molar-refractivity contribution < 1.29 is 109 Å². The number of hydrogen-bond donors (Lipinski definition) is 13. The van der Waals surface area contributed by atoms with E-state index in [9.17, 15) is 71.1 Å². The summed E-state index contributed by atoms with van der Waals surface area (Å²) in [6, 6.07) is 3.48. The number of nitrogens with two attached hydrogens (primary N) is 1. The lowest BCUT2D eigenvalue weighted by atomic mass is 9.95. The molecule has 4 aliphatic heterocycles. The van der Waals surface area contributed by atoms with Gasteiger partial charge in [-0.2, -0.15) is 0 Å². The number of amides is 1. The number of nitro benzene ring substituents is 1. The van der Waals surface area contributed by atoms with E-state index in [4.69, 9.17) is 48.4 Å². The summed E-state index contributed by atoms with van der Waals surface area (Å²) in [7, 11) is 0. The maximum atomic E-state index is 12.0. The van der Waals surface area contributed by atoms with Gasteiger partial charge in [0.1, 0.15) is 110 Å². The van der Waals surface area contributed by atoms with Crippen molar-refractivity contribution in [1.82, 2.24) is 5.32 Å². The van der Waals surface area contributed by atoms with Crippen LogP contribution in [0.25, 0.3) is 0 Å². The Morgan fingerprint density at radius 1 is 0.651 bits per heavy atom. The average Bonchev–Trinajstić information content (AvgIpc) is 3.26. The zero-order valence-corrected chi connectivity index (χ0v) is 34.1. The molecule has 5 rings (SSSR count). The predicted molar refractivity (Wildman–Crippen MR) is 204 cm³/mol. The molecule has 0 saturated carbocycles. The summed E-state index contributed by atoms with van der Waals surface area (Å²) in [5, 5.41) is 132. The smallest absolute Gasteiger partial charge is 0.269 e. The number of non-ortho nitro benzene ring substituents is 1. The zero-order valence-electron chi connectivity index (χ0n) is 34.1. The third kappa shape index (κ3) is 12.3. The molecule has 4 fully saturated rings. The van der Waals surface area contributed by atoms with Gasteiger partial charge in [0, 0.05) is 25.7 Å². The highest BCUT2D eigenvalue weighted by Gasteiger charge is 2.55. The molecule has 1 aromatic rings. The molecule has 360 valence electrons. The molecule has 0 radical (unpaired) electrons. The highest BCUT2D eigenvalue weighted by atomic mass is 16.8. The van der Waals surface area contributed by atoms with Gasteiger partial charge in [0.2, 0.25) is 5.91 Å². The van der Waals surface area contributed by atoms with E-state index in [-0.39, 0.29) is 18.0 Å². The van der Waals surface area contributed by atoms with E-state index in [1.54, 1.807) is 0 Å². The predicted octanol–water partition coefficient (Wildman–Crippen LogP) is -6.46. The zero-order chi connectivity index (χ0) is 46.1. The maximum Gasteiger partial charge on any atom is 0.269 e. The van der Waals surface area contributed by atoms with Crippen LogP contribution in [0.15, 0.2) is 24.3 Å². The molecule has 26 nitrogen and oxygen atoms in total.